The van der Waals surface area contributed by atoms with Crippen LogP contribution in [0.2, 0.25) is 0 Å². The van der Waals surface area contributed by atoms with E-state index in [-0.39, 0.29) is 23.4 Å². The van der Waals surface area contributed by atoms with Gasteiger partial charge in [0.2, 0.25) is 11.8 Å². The molecule has 0 saturated heterocycles. The first kappa shape index (κ1) is 30.8. The van der Waals surface area contributed by atoms with Gasteiger partial charge in [-0.2, -0.15) is 0 Å². The van der Waals surface area contributed by atoms with Crippen LogP contribution in [-0.4, -0.2) is 43.8 Å². The van der Waals surface area contributed by atoms with Gasteiger partial charge in [0.1, 0.15) is 18.4 Å². The highest BCUT2D eigenvalue weighted by Crippen LogP contribution is 2.28. The zero-order valence-electron chi connectivity index (χ0n) is 23.5. The number of nitrogens with zero attached hydrogens (tertiary/aromatic N) is 2. The summed E-state index contributed by atoms with van der Waals surface area (Å²) in [4.78, 5) is 28.9. The van der Waals surface area contributed by atoms with Crippen molar-refractivity contribution in [2.24, 2.45) is 0 Å². The van der Waals surface area contributed by atoms with E-state index in [1.807, 2.05) is 32.9 Å². The third-order valence-electron chi connectivity index (χ3n) is 6.90. The maximum atomic E-state index is 14.1. The van der Waals surface area contributed by atoms with Crippen LogP contribution in [0.5, 0.6) is 0 Å². The standard InChI is InChI=1S/C31H38FN3O4S/c1-5-23(4)33-31(37)28(7-3)34(21-24-17-19-26(32)20-18-24)30(36)22-35(29-16-12-11-13-25(29)6-2)40(38,39)27-14-9-8-10-15-27/h8-20,23,28H,5-7,21-22H2,1-4H3,(H,33,37)/t23-,28-/m0/s1. The van der Waals surface area contributed by atoms with Gasteiger partial charge in [-0.15, -0.1) is 0 Å². The predicted molar refractivity (Wildman–Crippen MR) is 156 cm³/mol. The summed E-state index contributed by atoms with van der Waals surface area (Å²) >= 11 is 0. The van der Waals surface area contributed by atoms with Crippen LogP contribution in [0, 0.1) is 5.82 Å². The molecule has 9 heteroatoms. The second kappa shape index (κ2) is 14.1. The molecule has 0 radical (unpaired) electrons. The molecule has 214 valence electrons. The molecular formula is C31H38FN3O4S. The molecule has 3 aromatic carbocycles. The lowest BCUT2D eigenvalue weighted by atomic mass is 10.1. The molecule has 3 rings (SSSR count). The molecule has 0 fully saturated rings. The Bertz CT molecular complexity index is 1380. The van der Waals surface area contributed by atoms with Crippen LogP contribution in [0.25, 0.3) is 0 Å². The lowest BCUT2D eigenvalue weighted by Crippen LogP contribution is -2.53. The highest BCUT2D eigenvalue weighted by atomic mass is 32.2. The van der Waals surface area contributed by atoms with Crippen molar-refractivity contribution in [2.75, 3.05) is 10.8 Å². The molecule has 0 bridgehead atoms. The van der Waals surface area contributed by atoms with Gasteiger partial charge in [-0.05, 0) is 67.6 Å². The number of amides is 2. The van der Waals surface area contributed by atoms with Gasteiger partial charge in [0.05, 0.1) is 10.6 Å². The van der Waals surface area contributed by atoms with Crippen LogP contribution in [0.4, 0.5) is 10.1 Å². The van der Waals surface area contributed by atoms with E-state index >= 15 is 0 Å². The van der Waals surface area contributed by atoms with E-state index < -0.39 is 34.3 Å². The van der Waals surface area contributed by atoms with Crippen molar-refractivity contribution in [3.8, 4) is 0 Å². The molecule has 0 aliphatic carbocycles. The summed E-state index contributed by atoms with van der Waals surface area (Å²) in [5.41, 5.74) is 1.79. The number of benzene rings is 3. The molecule has 7 nitrogen and oxygen atoms in total. The molecule has 2 atom stereocenters. The largest absolute Gasteiger partial charge is 0.352 e. The Morgan fingerprint density at radius 2 is 1.50 bits per heavy atom. The van der Waals surface area contributed by atoms with Crippen LogP contribution in [0.3, 0.4) is 0 Å². The third kappa shape index (κ3) is 7.47. The number of para-hydroxylation sites is 1. The van der Waals surface area contributed by atoms with Crippen LogP contribution < -0.4 is 9.62 Å². The van der Waals surface area contributed by atoms with E-state index in [2.05, 4.69) is 5.32 Å². The first-order valence-electron chi connectivity index (χ1n) is 13.6. The summed E-state index contributed by atoms with van der Waals surface area (Å²) in [5.74, 6) is -1.28. The Labute approximate surface area is 237 Å². The van der Waals surface area contributed by atoms with Crippen LogP contribution in [-0.2, 0) is 32.6 Å². The summed E-state index contributed by atoms with van der Waals surface area (Å²) in [6, 6.07) is 19.8. The molecule has 0 heterocycles. The predicted octanol–water partition coefficient (Wildman–Crippen LogP) is 5.31. The number of carbonyl (C=O) groups is 2. The minimum Gasteiger partial charge on any atom is -0.352 e. The molecule has 3 aromatic rings. The maximum Gasteiger partial charge on any atom is 0.264 e. The van der Waals surface area contributed by atoms with Crippen molar-refractivity contribution in [3.05, 3.63) is 95.8 Å². The number of rotatable bonds is 13. The lowest BCUT2D eigenvalue weighted by molar-refractivity contribution is -0.140. The van der Waals surface area contributed by atoms with Crippen LogP contribution >= 0.6 is 0 Å². The molecule has 0 spiro atoms. The van der Waals surface area contributed by atoms with Gasteiger partial charge in [-0.3, -0.25) is 13.9 Å². The number of nitrogens with one attached hydrogen (secondary N) is 1. The molecular weight excluding hydrogens is 529 g/mol. The Kier molecular flexibility index (Phi) is 10.8. The quantitative estimate of drug-likeness (QED) is 0.304. The number of aryl methyl sites for hydroxylation is 1. The molecule has 40 heavy (non-hydrogen) atoms. The Hall–Kier alpha value is -3.72. The van der Waals surface area contributed by atoms with E-state index in [9.17, 15) is 22.4 Å². The zero-order chi connectivity index (χ0) is 29.3. The van der Waals surface area contributed by atoms with Crippen molar-refractivity contribution in [2.45, 2.75) is 70.5 Å². The highest BCUT2D eigenvalue weighted by molar-refractivity contribution is 7.92. The second-order valence-corrected chi connectivity index (χ2v) is 11.6. The fraction of sp³-hybridized carbons (Fsp3) is 0.355. The number of carbonyl (C=O) groups excluding carboxylic acids is 2. The van der Waals surface area contributed by atoms with E-state index in [0.717, 1.165) is 9.87 Å². The van der Waals surface area contributed by atoms with Crippen molar-refractivity contribution in [1.82, 2.24) is 10.2 Å². The average molecular weight is 568 g/mol. The molecule has 0 saturated carbocycles. The number of hydrogen-bond donors (Lipinski definition) is 1. The Balaban J connectivity index is 2.08. The molecule has 0 aliphatic rings. The molecule has 2 amide bonds. The number of hydrogen-bond acceptors (Lipinski definition) is 4. The smallest absolute Gasteiger partial charge is 0.264 e. The van der Waals surface area contributed by atoms with Gasteiger partial charge >= 0.3 is 0 Å². The van der Waals surface area contributed by atoms with Gasteiger partial charge in [0.15, 0.2) is 0 Å². The summed E-state index contributed by atoms with van der Waals surface area (Å²) < 4.78 is 42.6. The Morgan fingerprint density at radius 3 is 2.10 bits per heavy atom. The van der Waals surface area contributed by atoms with Gasteiger partial charge < -0.3 is 10.2 Å². The SMILES string of the molecule is CCc1ccccc1N(CC(=O)N(Cc1ccc(F)cc1)[C@@H](CC)C(=O)N[C@@H](C)CC)S(=O)(=O)c1ccccc1. The second-order valence-electron chi connectivity index (χ2n) is 9.70. The van der Waals surface area contributed by atoms with Crippen molar-refractivity contribution in [3.63, 3.8) is 0 Å². The summed E-state index contributed by atoms with van der Waals surface area (Å²) in [5, 5.41) is 2.95. The summed E-state index contributed by atoms with van der Waals surface area (Å²) in [6.07, 6.45) is 1.58. The van der Waals surface area contributed by atoms with Gasteiger partial charge in [-0.1, -0.05) is 69.3 Å². The van der Waals surface area contributed by atoms with Crippen LogP contribution in [0.15, 0.2) is 83.8 Å². The summed E-state index contributed by atoms with van der Waals surface area (Å²) in [6.45, 7) is 7.05. The topological polar surface area (TPSA) is 86.8 Å². The lowest BCUT2D eigenvalue weighted by Gasteiger charge is -2.34. The zero-order valence-corrected chi connectivity index (χ0v) is 24.3. The third-order valence-corrected chi connectivity index (χ3v) is 8.68. The molecule has 0 aromatic heterocycles. The van der Waals surface area contributed by atoms with Crippen molar-refractivity contribution in [1.29, 1.82) is 0 Å². The molecule has 1 N–H and O–H groups in total. The Morgan fingerprint density at radius 1 is 0.875 bits per heavy atom. The summed E-state index contributed by atoms with van der Waals surface area (Å²) in [7, 11) is -4.13. The van der Waals surface area contributed by atoms with Gasteiger partial charge in [-0.25, -0.2) is 12.8 Å². The maximum absolute atomic E-state index is 14.1. The first-order valence-corrected chi connectivity index (χ1v) is 15.1. The van der Waals surface area contributed by atoms with E-state index in [1.54, 1.807) is 49.4 Å². The van der Waals surface area contributed by atoms with Gasteiger partial charge in [0, 0.05) is 12.6 Å². The highest BCUT2D eigenvalue weighted by Gasteiger charge is 2.34. The first-order chi connectivity index (χ1) is 19.1. The van der Waals surface area contributed by atoms with Gasteiger partial charge in [0.25, 0.3) is 10.0 Å². The fourth-order valence-corrected chi connectivity index (χ4v) is 5.91. The molecule has 0 unspecified atom stereocenters. The number of halogens is 1. The van der Waals surface area contributed by atoms with Crippen molar-refractivity contribution < 1.29 is 22.4 Å². The van der Waals surface area contributed by atoms with Crippen LogP contribution in [0.1, 0.15) is 51.7 Å². The van der Waals surface area contributed by atoms with Crippen molar-refractivity contribution >= 4 is 27.5 Å². The van der Waals surface area contributed by atoms with E-state index in [4.69, 9.17) is 0 Å². The average Bonchev–Trinajstić information content (AvgIpc) is 2.96. The molecule has 0 aliphatic heterocycles. The number of anilines is 1. The fourth-order valence-electron chi connectivity index (χ4n) is 4.43. The van der Waals surface area contributed by atoms with E-state index in [1.165, 1.54) is 29.2 Å². The minimum absolute atomic E-state index is 0.0141. The normalized spacial score (nSPS) is 12.8. The minimum atomic E-state index is -4.13. The monoisotopic (exact) mass is 567 g/mol. The number of sulfonamides is 1. The van der Waals surface area contributed by atoms with E-state index in [0.29, 0.717) is 30.5 Å².